The van der Waals surface area contributed by atoms with Gasteiger partial charge in [-0.25, -0.2) is 0 Å². The molecule has 0 aromatic heterocycles. The fourth-order valence-corrected chi connectivity index (χ4v) is 4.57. The number of nitrogens with one attached hydrogen (secondary N) is 2. The van der Waals surface area contributed by atoms with Gasteiger partial charge in [0.25, 0.3) is 0 Å². The maximum Gasteiger partial charge on any atom is 0.389 e. The van der Waals surface area contributed by atoms with Crippen LogP contribution in [0.3, 0.4) is 0 Å². The van der Waals surface area contributed by atoms with Gasteiger partial charge in [-0.15, -0.1) is 0 Å². The third-order valence-corrected chi connectivity index (χ3v) is 6.67. The monoisotopic (exact) mass is 522 g/mol. The van der Waals surface area contributed by atoms with Crippen molar-refractivity contribution < 1.29 is 27.6 Å². The number of primary amides is 1. The normalized spacial score (nSPS) is 18.6. The molecule has 7 nitrogen and oxygen atoms in total. The second-order valence-corrected chi connectivity index (χ2v) is 9.59. The number of para-hydroxylation sites is 1. The lowest BCUT2D eigenvalue weighted by atomic mass is 9.97. The first-order chi connectivity index (χ1) is 17.0. The van der Waals surface area contributed by atoms with E-state index in [1.807, 2.05) is 29.2 Å². The van der Waals surface area contributed by atoms with Crippen LogP contribution in [0.1, 0.15) is 43.6 Å². The minimum absolute atomic E-state index is 0.00159. The van der Waals surface area contributed by atoms with Crippen LogP contribution in [0.25, 0.3) is 0 Å². The lowest BCUT2D eigenvalue weighted by molar-refractivity contribution is -0.143. The Hall–Kier alpha value is -3.27. The number of hydrogen-bond acceptors (Lipinski definition) is 4. The summed E-state index contributed by atoms with van der Waals surface area (Å²) in [4.78, 5) is 39.3. The van der Waals surface area contributed by atoms with Crippen molar-refractivity contribution in [2.75, 3.05) is 16.8 Å². The zero-order valence-corrected chi connectivity index (χ0v) is 20.0. The Morgan fingerprint density at radius 3 is 2.58 bits per heavy atom. The minimum atomic E-state index is -4.50. The Balaban J connectivity index is 1.62. The molecule has 36 heavy (non-hydrogen) atoms. The van der Waals surface area contributed by atoms with Gasteiger partial charge < -0.3 is 21.3 Å². The van der Waals surface area contributed by atoms with Crippen LogP contribution < -0.4 is 21.3 Å². The quantitative estimate of drug-likeness (QED) is 0.470. The molecule has 3 amide bonds. The van der Waals surface area contributed by atoms with E-state index in [0.29, 0.717) is 22.3 Å². The van der Waals surface area contributed by atoms with Crippen molar-refractivity contribution >= 4 is 46.4 Å². The molecule has 0 radical (unpaired) electrons. The SMILES string of the molecule is NC(=O)CC(CCC(F)(F)F)C(=O)NC1CN(c2cccc(C3CC3)c2)c2cccc(Cl)c2NC1=O. The van der Waals surface area contributed by atoms with Gasteiger partial charge in [-0.1, -0.05) is 29.8 Å². The number of nitrogens with two attached hydrogens (primary N) is 1. The molecule has 1 fully saturated rings. The fourth-order valence-electron chi connectivity index (χ4n) is 4.35. The second-order valence-electron chi connectivity index (χ2n) is 9.19. The number of fused-ring (bicyclic) bond motifs is 1. The van der Waals surface area contributed by atoms with Crippen LogP contribution in [0.2, 0.25) is 5.02 Å². The number of carbonyl (C=O) groups excluding carboxylic acids is 3. The fraction of sp³-hybridized carbons (Fsp3) is 0.400. The van der Waals surface area contributed by atoms with Gasteiger partial charge in [0, 0.05) is 24.4 Å². The molecule has 0 saturated heterocycles. The van der Waals surface area contributed by atoms with Gasteiger partial charge in [-0.05, 0) is 55.0 Å². The third kappa shape index (κ3) is 6.29. The molecule has 2 atom stereocenters. The highest BCUT2D eigenvalue weighted by Crippen LogP contribution is 2.43. The van der Waals surface area contributed by atoms with Crippen LogP contribution in [-0.2, 0) is 14.4 Å². The van der Waals surface area contributed by atoms with Crippen LogP contribution in [0, 0.1) is 5.92 Å². The molecular weight excluding hydrogens is 497 g/mol. The lowest BCUT2D eigenvalue weighted by Crippen LogP contribution is -2.50. The highest BCUT2D eigenvalue weighted by molar-refractivity contribution is 6.34. The van der Waals surface area contributed by atoms with Crippen molar-refractivity contribution in [1.29, 1.82) is 0 Å². The average molecular weight is 523 g/mol. The van der Waals surface area contributed by atoms with Crippen molar-refractivity contribution in [3.63, 3.8) is 0 Å². The molecule has 4 rings (SSSR count). The van der Waals surface area contributed by atoms with Crippen molar-refractivity contribution in [1.82, 2.24) is 5.32 Å². The Kier molecular flexibility index (Phi) is 7.44. The third-order valence-electron chi connectivity index (χ3n) is 6.35. The largest absolute Gasteiger partial charge is 0.389 e. The second kappa shape index (κ2) is 10.4. The van der Waals surface area contributed by atoms with Crippen LogP contribution in [0.5, 0.6) is 0 Å². The summed E-state index contributed by atoms with van der Waals surface area (Å²) in [6.07, 6.45) is -4.73. The van der Waals surface area contributed by atoms with Gasteiger partial charge in [0.15, 0.2) is 0 Å². The molecule has 2 aromatic rings. The average Bonchev–Trinajstić information content (AvgIpc) is 3.66. The van der Waals surface area contributed by atoms with E-state index in [1.54, 1.807) is 18.2 Å². The maximum atomic E-state index is 13.1. The molecule has 1 aliphatic heterocycles. The number of alkyl halides is 3. The number of nitrogens with zero attached hydrogens (tertiary/aromatic N) is 1. The van der Waals surface area contributed by atoms with Gasteiger partial charge in [-0.3, -0.25) is 14.4 Å². The van der Waals surface area contributed by atoms with Crippen molar-refractivity contribution in [3.8, 4) is 0 Å². The number of halogens is 4. The molecule has 192 valence electrons. The van der Waals surface area contributed by atoms with Gasteiger partial charge >= 0.3 is 6.18 Å². The topological polar surface area (TPSA) is 105 Å². The summed E-state index contributed by atoms with van der Waals surface area (Å²) in [6, 6.07) is 11.9. The number of benzene rings is 2. The van der Waals surface area contributed by atoms with Gasteiger partial charge in [0.2, 0.25) is 17.7 Å². The summed E-state index contributed by atoms with van der Waals surface area (Å²) in [5, 5.41) is 5.57. The molecule has 2 aromatic carbocycles. The first kappa shape index (κ1) is 25.8. The zero-order valence-electron chi connectivity index (χ0n) is 19.3. The maximum absolute atomic E-state index is 13.1. The van der Waals surface area contributed by atoms with E-state index in [0.717, 1.165) is 24.1 Å². The summed E-state index contributed by atoms with van der Waals surface area (Å²) in [7, 11) is 0. The van der Waals surface area contributed by atoms with E-state index < -0.39 is 55.1 Å². The number of hydrogen-bond donors (Lipinski definition) is 3. The lowest BCUT2D eigenvalue weighted by Gasteiger charge is -2.28. The molecule has 4 N–H and O–H groups in total. The van der Waals surface area contributed by atoms with E-state index in [9.17, 15) is 27.6 Å². The summed E-state index contributed by atoms with van der Waals surface area (Å²) in [5.41, 5.74) is 8.09. The van der Waals surface area contributed by atoms with Crippen LogP contribution in [0.15, 0.2) is 42.5 Å². The van der Waals surface area contributed by atoms with Crippen LogP contribution in [0.4, 0.5) is 30.2 Å². The van der Waals surface area contributed by atoms with Gasteiger partial charge in [0.1, 0.15) is 6.04 Å². The Morgan fingerprint density at radius 2 is 1.92 bits per heavy atom. The standard InChI is InChI=1S/C25H26ClF3N4O3/c26-18-5-2-6-20-22(18)32-24(36)19(13-33(20)17-4-1-3-15(11-17)14-7-8-14)31-23(35)16(12-21(30)34)9-10-25(27,28)29/h1-6,11,14,16,19H,7-10,12-13H2,(H2,30,34)(H,31,35)(H,32,36). The molecular formula is C25H26ClF3N4O3. The van der Waals surface area contributed by atoms with E-state index in [4.69, 9.17) is 17.3 Å². The predicted octanol–water partition coefficient (Wildman–Crippen LogP) is 4.63. The first-order valence-corrected chi connectivity index (χ1v) is 12.0. The van der Waals surface area contributed by atoms with Gasteiger partial charge in [-0.2, -0.15) is 13.2 Å². The molecule has 0 bridgehead atoms. The van der Waals surface area contributed by atoms with Crippen molar-refractivity contribution in [3.05, 3.63) is 53.1 Å². The van der Waals surface area contributed by atoms with E-state index in [1.165, 1.54) is 0 Å². The summed E-state index contributed by atoms with van der Waals surface area (Å²) in [6.45, 7) is 0.00159. The van der Waals surface area contributed by atoms with Crippen LogP contribution >= 0.6 is 11.6 Å². The molecule has 1 saturated carbocycles. The molecule has 2 unspecified atom stereocenters. The predicted molar refractivity (Wildman–Crippen MR) is 130 cm³/mol. The smallest absolute Gasteiger partial charge is 0.370 e. The Labute approximate surface area is 211 Å². The highest BCUT2D eigenvalue weighted by atomic mass is 35.5. The first-order valence-electron chi connectivity index (χ1n) is 11.6. The number of amides is 3. The number of rotatable bonds is 8. The highest BCUT2D eigenvalue weighted by Gasteiger charge is 2.35. The Morgan fingerprint density at radius 1 is 1.19 bits per heavy atom. The van der Waals surface area contributed by atoms with E-state index >= 15 is 0 Å². The number of carbonyl (C=O) groups is 3. The summed E-state index contributed by atoms with van der Waals surface area (Å²) < 4.78 is 38.3. The van der Waals surface area contributed by atoms with Crippen molar-refractivity contribution in [2.24, 2.45) is 11.7 Å². The van der Waals surface area contributed by atoms with Gasteiger partial charge in [0.05, 0.1) is 22.9 Å². The molecule has 0 spiro atoms. The van der Waals surface area contributed by atoms with E-state index in [-0.39, 0.29) is 6.54 Å². The minimum Gasteiger partial charge on any atom is -0.370 e. The number of anilines is 3. The van der Waals surface area contributed by atoms with Crippen molar-refractivity contribution in [2.45, 2.75) is 50.2 Å². The molecule has 1 aliphatic carbocycles. The summed E-state index contributed by atoms with van der Waals surface area (Å²) in [5.74, 6) is -3.17. The molecule has 11 heteroatoms. The zero-order chi connectivity index (χ0) is 26.0. The summed E-state index contributed by atoms with van der Waals surface area (Å²) >= 11 is 6.38. The molecule has 2 aliphatic rings. The van der Waals surface area contributed by atoms with Crippen LogP contribution in [-0.4, -0.2) is 36.5 Å². The Bertz CT molecular complexity index is 1170. The molecule has 1 heterocycles. The van der Waals surface area contributed by atoms with E-state index in [2.05, 4.69) is 10.6 Å².